The fourth-order valence-corrected chi connectivity index (χ4v) is 2.85. The number of carbonyl (C=O) groups is 1. The first kappa shape index (κ1) is 19.9. The van der Waals surface area contributed by atoms with Gasteiger partial charge in [-0.25, -0.2) is 0 Å². The molecule has 0 saturated carbocycles. The lowest BCUT2D eigenvalue weighted by Gasteiger charge is -2.09. The van der Waals surface area contributed by atoms with Crippen molar-refractivity contribution in [1.29, 1.82) is 0 Å². The van der Waals surface area contributed by atoms with Crippen LogP contribution in [-0.2, 0) is 0 Å². The fraction of sp³-hybridized carbons (Fsp3) is 0.0588. The number of benzene rings is 2. The van der Waals surface area contributed by atoms with Crippen molar-refractivity contribution in [2.24, 2.45) is 0 Å². The number of aryl methyl sites for hydroxylation is 1. The van der Waals surface area contributed by atoms with Gasteiger partial charge in [-0.1, -0.05) is 22.8 Å². The number of nitrogens with one attached hydrogen (secondary N) is 2. The van der Waals surface area contributed by atoms with Gasteiger partial charge < -0.3 is 20.2 Å². The van der Waals surface area contributed by atoms with E-state index in [2.05, 4.69) is 31.4 Å². The van der Waals surface area contributed by atoms with Crippen LogP contribution < -0.4 is 10.1 Å². The number of nitro groups is 2. The monoisotopic (exact) mass is 461 g/mol. The maximum Gasteiger partial charge on any atom is 0.357 e. The van der Waals surface area contributed by atoms with Crippen molar-refractivity contribution in [2.75, 3.05) is 5.32 Å². The number of hydrogen-bond donors (Lipinski definition) is 2. The number of anilines is 1. The van der Waals surface area contributed by atoms with E-state index in [0.717, 1.165) is 11.6 Å². The third kappa shape index (κ3) is 4.55. The molecule has 12 heteroatoms. The molecule has 1 heterocycles. The summed E-state index contributed by atoms with van der Waals surface area (Å²) in [6, 6.07) is 10.8. The zero-order chi connectivity index (χ0) is 21.1. The van der Waals surface area contributed by atoms with E-state index >= 15 is 0 Å². The Kier molecular flexibility index (Phi) is 5.54. The second kappa shape index (κ2) is 8.06. The van der Waals surface area contributed by atoms with Gasteiger partial charge in [-0.15, -0.1) is 5.10 Å². The third-order valence-corrected chi connectivity index (χ3v) is 4.45. The largest absolute Gasteiger partial charge is 0.457 e. The zero-order valence-electron chi connectivity index (χ0n) is 14.7. The second-order valence-corrected chi connectivity index (χ2v) is 6.63. The molecule has 1 amide bonds. The summed E-state index contributed by atoms with van der Waals surface area (Å²) in [6.07, 6.45) is 0. The first-order valence-electron chi connectivity index (χ1n) is 7.98. The number of halogens is 1. The molecule has 29 heavy (non-hydrogen) atoms. The molecular formula is C17H12BrN5O6. The highest BCUT2D eigenvalue weighted by molar-refractivity contribution is 9.10. The van der Waals surface area contributed by atoms with Crippen molar-refractivity contribution < 1.29 is 19.4 Å². The Labute approximate surface area is 171 Å². The van der Waals surface area contributed by atoms with Crippen LogP contribution in [0, 0.1) is 27.2 Å². The van der Waals surface area contributed by atoms with Gasteiger partial charge in [0.1, 0.15) is 16.0 Å². The van der Waals surface area contributed by atoms with Gasteiger partial charge in [0.25, 0.3) is 11.6 Å². The minimum atomic E-state index is -0.803. The van der Waals surface area contributed by atoms with E-state index in [1.807, 2.05) is 19.1 Å². The summed E-state index contributed by atoms with van der Waals surface area (Å²) in [5.41, 5.74) is 0.494. The predicted octanol–water partition coefficient (Wildman–Crippen LogP) is 4.34. The Morgan fingerprint density at radius 1 is 1.10 bits per heavy atom. The van der Waals surface area contributed by atoms with Crippen LogP contribution in [-0.4, -0.2) is 26.0 Å². The van der Waals surface area contributed by atoms with E-state index in [0.29, 0.717) is 5.75 Å². The Morgan fingerprint density at radius 2 is 1.79 bits per heavy atom. The van der Waals surface area contributed by atoms with Gasteiger partial charge in [0.2, 0.25) is 0 Å². The van der Waals surface area contributed by atoms with Gasteiger partial charge >= 0.3 is 5.82 Å². The molecule has 0 radical (unpaired) electrons. The lowest BCUT2D eigenvalue weighted by Crippen LogP contribution is -2.13. The fourth-order valence-electron chi connectivity index (χ4n) is 2.34. The van der Waals surface area contributed by atoms with Crippen LogP contribution >= 0.6 is 15.9 Å². The number of hydrogen-bond acceptors (Lipinski definition) is 7. The van der Waals surface area contributed by atoms with Crippen molar-refractivity contribution in [3.8, 4) is 11.5 Å². The molecule has 0 bridgehead atoms. The molecular weight excluding hydrogens is 450 g/mol. The molecule has 11 nitrogen and oxygen atoms in total. The Hall–Kier alpha value is -3.80. The van der Waals surface area contributed by atoms with E-state index in [-0.39, 0.29) is 27.3 Å². The van der Waals surface area contributed by atoms with Crippen LogP contribution in [0.2, 0.25) is 0 Å². The number of ether oxygens (including phenoxy) is 1. The van der Waals surface area contributed by atoms with Gasteiger partial charge in [-0.2, -0.15) is 0 Å². The first-order valence-corrected chi connectivity index (χ1v) is 8.77. The van der Waals surface area contributed by atoms with Gasteiger partial charge in [0, 0.05) is 12.1 Å². The highest BCUT2D eigenvalue weighted by atomic mass is 79.9. The minimum Gasteiger partial charge on any atom is -0.457 e. The van der Waals surface area contributed by atoms with Crippen LogP contribution in [0.15, 0.2) is 46.9 Å². The third-order valence-electron chi connectivity index (χ3n) is 3.70. The van der Waals surface area contributed by atoms with Gasteiger partial charge in [-0.3, -0.25) is 14.9 Å². The van der Waals surface area contributed by atoms with Crippen LogP contribution in [0.1, 0.15) is 16.1 Å². The van der Waals surface area contributed by atoms with Gasteiger partial charge in [0.15, 0.2) is 5.69 Å². The lowest BCUT2D eigenvalue weighted by molar-refractivity contribution is -0.390. The topological polar surface area (TPSA) is 153 Å². The molecule has 0 aliphatic heterocycles. The molecule has 1 aromatic heterocycles. The summed E-state index contributed by atoms with van der Waals surface area (Å²) < 4.78 is 5.50. The number of carbonyl (C=O) groups excluding carboxylic acids is 1. The number of aromatic nitrogens is 2. The molecule has 0 unspecified atom stereocenters. The van der Waals surface area contributed by atoms with Crippen molar-refractivity contribution in [1.82, 2.24) is 10.2 Å². The van der Waals surface area contributed by atoms with Gasteiger partial charge in [-0.05, 0) is 39.9 Å². The molecule has 0 atom stereocenters. The van der Waals surface area contributed by atoms with Crippen molar-refractivity contribution in [3.63, 3.8) is 0 Å². The lowest BCUT2D eigenvalue weighted by atomic mass is 10.2. The number of nitro benzene ring substituents is 1. The minimum absolute atomic E-state index is 0.0591. The molecule has 2 N–H and O–H groups in total. The summed E-state index contributed by atoms with van der Waals surface area (Å²) >= 11 is 2.94. The molecule has 3 rings (SSSR count). The van der Waals surface area contributed by atoms with E-state index in [1.165, 1.54) is 12.1 Å². The molecule has 0 saturated heterocycles. The SMILES string of the molecule is Cc1ccc(Oc2cc(NC(=O)c3n[nH]c([N+](=O)[O-])c3Br)cc([N+](=O)[O-])c2)cc1. The average molecular weight is 462 g/mol. The second-order valence-electron chi connectivity index (χ2n) is 5.83. The Morgan fingerprint density at radius 3 is 2.38 bits per heavy atom. The Balaban J connectivity index is 1.89. The molecule has 0 aliphatic carbocycles. The number of rotatable bonds is 6. The molecule has 0 spiro atoms. The van der Waals surface area contributed by atoms with Gasteiger partial charge in [0.05, 0.1) is 16.7 Å². The maximum absolute atomic E-state index is 12.4. The van der Waals surface area contributed by atoms with E-state index in [9.17, 15) is 25.0 Å². The van der Waals surface area contributed by atoms with E-state index in [4.69, 9.17) is 4.74 Å². The average Bonchev–Trinajstić information content (AvgIpc) is 3.05. The van der Waals surface area contributed by atoms with Crippen molar-refractivity contribution in [2.45, 2.75) is 6.92 Å². The van der Waals surface area contributed by atoms with Crippen molar-refractivity contribution >= 4 is 39.0 Å². The zero-order valence-corrected chi connectivity index (χ0v) is 16.3. The Bertz CT molecular complexity index is 1110. The van der Waals surface area contributed by atoms with Crippen molar-refractivity contribution in [3.05, 3.63) is 78.4 Å². The van der Waals surface area contributed by atoms with Crippen LogP contribution in [0.5, 0.6) is 11.5 Å². The van der Waals surface area contributed by atoms with Crippen LogP contribution in [0.3, 0.4) is 0 Å². The number of nitrogens with zero attached hydrogens (tertiary/aromatic N) is 3. The number of H-pyrrole nitrogens is 1. The number of amides is 1. The first-order chi connectivity index (χ1) is 13.7. The molecule has 2 aromatic carbocycles. The summed E-state index contributed by atoms with van der Waals surface area (Å²) in [6.45, 7) is 1.91. The number of non-ortho nitro benzene ring substituents is 1. The van der Waals surface area contributed by atoms with Crippen LogP contribution in [0.4, 0.5) is 17.2 Å². The quantitative estimate of drug-likeness (QED) is 0.408. The summed E-state index contributed by atoms with van der Waals surface area (Å²) in [5, 5.41) is 30.2. The van der Waals surface area contributed by atoms with Crippen LogP contribution in [0.25, 0.3) is 0 Å². The molecule has 3 aromatic rings. The smallest absolute Gasteiger partial charge is 0.357 e. The van der Waals surface area contributed by atoms with E-state index < -0.39 is 21.6 Å². The molecule has 148 valence electrons. The summed E-state index contributed by atoms with van der Waals surface area (Å²) in [5.74, 6) is -0.704. The summed E-state index contributed by atoms with van der Waals surface area (Å²) in [7, 11) is 0. The molecule has 0 aliphatic rings. The highest BCUT2D eigenvalue weighted by Gasteiger charge is 2.25. The maximum atomic E-state index is 12.4. The summed E-state index contributed by atoms with van der Waals surface area (Å²) in [4.78, 5) is 33.1. The standard InChI is InChI=1S/C17H12BrN5O6/c1-9-2-4-12(5-3-9)29-13-7-10(6-11(8-13)22(25)26)19-17(24)15-14(18)16(21-20-15)23(27)28/h2-8H,1H3,(H,19,24)(H,20,21). The predicted molar refractivity (Wildman–Crippen MR) is 105 cm³/mol. The highest BCUT2D eigenvalue weighted by Crippen LogP contribution is 2.31. The number of aromatic amines is 1. The van der Waals surface area contributed by atoms with E-state index in [1.54, 1.807) is 12.1 Å². The normalized spacial score (nSPS) is 10.4. The molecule has 0 fully saturated rings.